The fraction of sp³-hybridized carbons (Fsp3) is 0.231. The van der Waals surface area contributed by atoms with E-state index in [4.69, 9.17) is 49.4 Å². The molecule has 0 atom stereocenters. The van der Waals surface area contributed by atoms with Crippen LogP contribution in [0.3, 0.4) is 0 Å². The molecule has 6 aliphatic heterocycles. The Hall–Kier alpha value is -8.85. The summed E-state index contributed by atoms with van der Waals surface area (Å²) in [6.45, 7) is 53.6. The molecule has 6 aliphatic rings. The van der Waals surface area contributed by atoms with E-state index in [1.54, 1.807) is 0 Å². The minimum atomic E-state index is -5.15. The van der Waals surface area contributed by atoms with E-state index in [1.165, 1.54) is 0 Å². The van der Waals surface area contributed by atoms with E-state index in [0.29, 0.717) is 0 Å². The predicted octanol–water partition coefficient (Wildman–Crippen LogP) is 23.6. The minimum Gasteiger partial charge on any atom is -0.367 e. The van der Waals surface area contributed by atoms with Crippen molar-refractivity contribution in [3.8, 4) is 91.7 Å². The lowest BCUT2D eigenvalue weighted by molar-refractivity contribution is -0.00563. The number of hydrogen-bond acceptors (Lipinski definition) is 12. The Labute approximate surface area is 803 Å². The van der Waals surface area contributed by atoms with Gasteiger partial charge in [0, 0.05) is 44.5 Å². The van der Waals surface area contributed by atoms with Crippen LogP contribution in [0.25, 0.3) is 48.6 Å². The van der Waals surface area contributed by atoms with Gasteiger partial charge in [-0.15, -0.1) is 44.3 Å². The molecular weight excluding hydrogens is 1890 g/mol. The number of benzene rings is 8. The number of rotatable bonds is 16. The smallest absolute Gasteiger partial charge is 0.367 e. The Morgan fingerprint density at radius 3 is 0.303 bits per heavy atom. The first-order valence-corrected chi connectivity index (χ1v) is 87.2. The van der Waals surface area contributed by atoms with Gasteiger partial charge in [0.05, 0.1) is 0 Å². The van der Waals surface area contributed by atoms with Gasteiger partial charge in [0.2, 0.25) is 0 Å². The van der Waals surface area contributed by atoms with Crippen LogP contribution in [0.15, 0.2) is 240 Å². The lowest BCUT2D eigenvalue weighted by Gasteiger charge is -2.60. The molecule has 6 saturated heterocycles. The van der Waals surface area contributed by atoms with Gasteiger partial charge in [-0.1, -0.05) is 350 Å². The van der Waals surface area contributed by atoms with Gasteiger partial charge < -0.3 is 49.4 Å². The highest BCUT2D eigenvalue weighted by Gasteiger charge is 2.82. The van der Waals surface area contributed by atoms with Crippen molar-refractivity contribution in [3.63, 3.8) is 0 Å². The van der Waals surface area contributed by atoms with Crippen molar-refractivity contribution in [1.29, 1.82) is 0 Å². The van der Waals surface area contributed by atoms with Gasteiger partial charge in [0.15, 0.2) is 0 Å². The summed E-state index contributed by atoms with van der Waals surface area (Å²) < 4.78 is 102. The van der Waals surface area contributed by atoms with Crippen LogP contribution in [0.1, 0.15) is 89.0 Å². The van der Waals surface area contributed by atoms with Gasteiger partial charge in [-0.3, -0.25) is 0 Å². The van der Waals surface area contributed by atoms with Crippen LogP contribution >= 0.6 is 0 Å². The van der Waals surface area contributed by atoms with Gasteiger partial charge in [0.25, 0.3) is 0 Å². The Kier molecular flexibility index (Phi) is 30.6. The zero-order valence-electron chi connectivity index (χ0n) is 80.6. The average molecular weight is 2010 g/mol. The fourth-order valence-electron chi connectivity index (χ4n) is 12.8. The molecule has 8 bridgehead atoms. The molecule has 0 unspecified atom stereocenters. The van der Waals surface area contributed by atoms with E-state index < -0.39 is 135 Å². The summed E-state index contributed by atoms with van der Waals surface area (Å²) in [5.74, 6) is 27.7. The van der Waals surface area contributed by atoms with Crippen LogP contribution in [-0.2, 0) is 49.4 Å². The maximum atomic E-state index is 8.48. The van der Waals surface area contributed by atoms with Crippen LogP contribution in [0.2, 0.25) is 157 Å². The van der Waals surface area contributed by atoms with E-state index in [2.05, 4.69) is 249 Å². The van der Waals surface area contributed by atoms with E-state index in [9.17, 15) is 0 Å². The topological polar surface area (TPSA) is 111 Å². The predicted molar refractivity (Wildman–Crippen MR) is 585 cm³/mol. The van der Waals surface area contributed by atoms with Crippen LogP contribution in [0.4, 0.5) is 0 Å². The molecule has 0 aliphatic carbocycles. The molecule has 0 saturated carbocycles. The fourth-order valence-corrected chi connectivity index (χ4v) is 58.7. The van der Waals surface area contributed by atoms with Gasteiger partial charge in [-0.05, 0) is 187 Å². The largest absolute Gasteiger partial charge is 0.508 e. The molecule has 14 rings (SSSR count). The second-order valence-electron chi connectivity index (χ2n) is 41.7. The third kappa shape index (κ3) is 30.6. The molecule has 6 fully saturated rings. The zero-order valence-corrected chi connectivity index (χ0v) is 96.6. The van der Waals surface area contributed by atoms with Gasteiger partial charge in [-0.25, -0.2) is 0 Å². The van der Waals surface area contributed by atoms with Crippen molar-refractivity contribution in [2.24, 2.45) is 0 Å². The van der Waals surface area contributed by atoms with Crippen LogP contribution in [0, 0.1) is 91.7 Å². The summed E-state index contributed by atoms with van der Waals surface area (Å²) in [6.07, 6.45) is 15.5. The van der Waals surface area contributed by atoms with E-state index in [-0.39, 0.29) is 0 Å². The lowest BCUT2D eigenvalue weighted by Crippen LogP contribution is -2.87. The van der Waals surface area contributed by atoms with Crippen LogP contribution in [0.5, 0.6) is 0 Å². The van der Waals surface area contributed by atoms with E-state index in [1.807, 2.05) is 288 Å². The monoisotopic (exact) mass is 2010 g/mol. The van der Waals surface area contributed by atoms with Crippen molar-refractivity contribution in [2.45, 2.75) is 157 Å². The molecule has 672 valence electrons. The standard InChI is InChI=1S/C104H120O12Si16/c1-117(2,3)73-57-89-25-41-97(42-26-89)65-81-125-105-126(82-66-98-43-27-90(28-44-98)58-74-118(4,5)6)108-129(85-69-101-49-33-93(34-50-101)61-77-121(13,14)15)110-127(106-125,83-67-99-45-29-91(30-46-99)59-75-119(7,8)9)112-131(87-71-103-53-37-95(38-54-103)63-79-123(19,20)21)113-128(107-125,84-68-100-47-31-92(32-48-100)60-76-120(10,11)12)111-130(109-126,86-70-102-51-35-94(36-52-102)62-78-122(16,17)18)115-132(114-129,116-131)88-72-104-55-39-96(40-56-104)64-80-124(22,23)24/h25-56,65-72,81-88H,1-24H3/b81-65+,82-66+,83-67+,84-68+,85-69+,86-70+,87-71+,88-72+. The van der Waals surface area contributed by atoms with Gasteiger partial charge in [-0.2, -0.15) is 0 Å². The Morgan fingerprint density at radius 2 is 0.227 bits per heavy atom. The second-order valence-corrected chi connectivity index (χ2v) is 102. The van der Waals surface area contributed by atoms with Gasteiger partial charge >= 0.3 is 70.4 Å². The summed E-state index contributed by atoms with van der Waals surface area (Å²) in [7, 11) is -55.6. The van der Waals surface area contributed by atoms with Crippen molar-refractivity contribution < 1.29 is 49.4 Å². The summed E-state index contributed by atoms with van der Waals surface area (Å²) in [4.78, 5) is 0. The van der Waals surface area contributed by atoms with Crippen LogP contribution < -0.4 is 0 Å². The summed E-state index contributed by atoms with van der Waals surface area (Å²) in [6, 6.07) is 64.6. The minimum absolute atomic E-state index is 0.754. The molecule has 0 radical (unpaired) electrons. The third-order valence-electron chi connectivity index (χ3n) is 19.2. The Bertz CT molecular complexity index is 5170. The second kappa shape index (κ2) is 40.2. The van der Waals surface area contributed by atoms with E-state index >= 15 is 0 Å². The molecule has 0 aromatic heterocycles. The molecule has 28 heteroatoms. The molecule has 0 N–H and O–H groups in total. The maximum absolute atomic E-state index is 8.48. The molecule has 132 heavy (non-hydrogen) atoms. The zero-order chi connectivity index (χ0) is 95.0. The SMILES string of the molecule is C[Si](C)(C)C#Cc1ccc(/C=C/[Si]23O[Si]4(/C=C/c5ccc(C#C[Si](C)(C)C)cc5)O[Si]5(/C=C/c6ccc(C#C[Si](C)(C)C)cc6)O[Si](/C=C/c6ccc(C#C[Si](C)(C)C)cc6)(O2)O[Si]2(/C=C/c6ccc(C#C[Si](C)(C)C)cc6)O[Si](/C=C/c6ccc(C#C[Si](C)(C)C)cc6)(O3)O[Si](/C=C/c3ccc(C#C[Si](C)(C)C)cc3)(O4)O[Si](/C=C/c3ccc(C#C[Si](C)(C)C)cc3)(O5)O2)cc1. The first-order valence-electron chi connectivity index (χ1n) is 44.8. The summed E-state index contributed by atoms with van der Waals surface area (Å²) in [5.41, 5.74) is 56.1. The molecule has 8 aromatic rings. The first kappa shape index (κ1) is 101. The molecule has 0 spiro atoms. The normalized spacial score (nSPS) is 23.8. The van der Waals surface area contributed by atoms with Gasteiger partial charge in [0.1, 0.15) is 64.6 Å². The number of hydrogen-bond donors (Lipinski definition) is 0. The summed E-state index contributed by atoms with van der Waals surface area (Å²) in [5, 5.41) is 0. The molecule has 12 nitrogen and oxygen atoms in total. The third-order valence-corrected chi connectivity index (χ3v) is 58.1. The quantitative estimate of drug-likeness (QED) is 0.0678. The highest BCUT2D eigenvalue weighted by atomic mass is 28.6. The highest BCUT2D eigenvalue weighted by molar-refractivity contribution is 7.08. The maximum Gasteiger partial charge on any atom is 0.508 e. The molecule has 8 aromatic carbocycles. The van der Waals surface area contributed by atoms with Crippen molar-refractivity contribution in [3.05, 3.63) is 329 Å². The van der Waals surface area contributed by atoms with Crippen LogP contribution in [-0.4, -0.2) is 135 Å². The lowest BCUT2D eigenvalue weighted by atomic mass is 10.1. The van der Waals surface area contributed by atoms with E-state index in [0.717, 1.165) is 89.0 Å². The Morgan fingerprint density at radius 1 is 0.144 bits per heavy atom. The van der Waals surface area contributed by atoms with Crippen molar-refractivity contribution >= 4 is 184 Å². The molecule has 6 heterocycles. The highest BCUT2D eigenvalue weighted by Crippen LogP contribution is 2.52. The Balaban J connectivity index is 1.19. The molecular formula is C104H120O12Si16. The first-order chi connectivity index (χ1) is 61.7. The van der Waals surface area contributed by atoms with Crippen molar-refractivity contribution in [2.75, 3.05) is 0 Å². The summed E-state index contributed by atoms with van der Waals surface area (Å²) >= 11 is 0. The molecule has 0 amide bonds. The van der Waals surface area contributed by atoms with Crippen molar-refractivity contribution in [1.82, 2.24) is 0 Å². The average Bonchev–Trinajstić information content (AvgIpc) is 0.683.